The van der Waals surface area contributed by atoms with Crippen molar-refractivity contribution < 1.29 is 18.7 Å². The van der Waals surface area contributed by atoms with Gasteiger partial charge in [-0.05, 0) is 72.6 Å². The van der Waals surface area contributed by atoms with Gasteiger partial charge in [-0.1, -0.05) is 32.0 Å². The van der Waals surface area contributed by atoms with Crippen LogP contribution in [0.1, 0.15) is 42.1 Å². The molecule has 180 valence electrons. The number of oxazole rings is 1. The van der Waals surface area contributed by atoms with Crippen LogP contribution in [0.5, 0.6) is 11.5 Å². The number of aromatic nitrogens is 1. The number of benzene rings is 3. The molecule has 2 N–H and O–H groups in total. The van der Waals surface area contributed by atoms with Gasteiger partial charge >= 0.3 is 0 Å². The molecule has 0 saturated heterocycles. The molecule has 1 atom stereocenters. The average molecular weight is 490 g/mol. The minimum absolute atomic E-state index is 0.135. The number of methoxy groups -OCH3 is 2. The highest BCUT2D eigenvalue weighted by atomic mass is 32.1. The minimum atomic E-state index is -0.441. The number of nitrogens with one attached hydrogen (secondary N) is 2. The maximum absolute atomic E-state index is 12.9. The van der Waals surface area contributed by atoms with Crippen LogP contribution in [0.25, 0.3) is 22.6 Å². The number of hydrogen-bond donors (Lipinski definition) is 2. The van der Waals surface area contributed by atoms with Crippen LogP contribution >= 0.6 is 12.2 Å². The van der Waals surface area contributed by atoms with E-state index >= 15 is 0 Å². The molecule has 3 aromatic carbocycles. The lowest BCUT2D eigenvalue weighted by Gasteiger charge is -2.14. The molecular formula is C27H27N3O4S. The number of hydrogen-bond acceptors (Lipinski definition) is 6. The quantitative estimate of drug-likeness (QED) is 0.301. The number of amides is 1. The number of fused-ring (bicyclic) bond motifs is 1. The summed E-state index contributed by atoms with van der Waals surface area (Å²) >= 11 is 5.37. The Kier molecular flexibility index (Phi) is 7.31. The summed E-state index contributed by atoms with van der Waals surface area (Å²) in [5, 5.41) is 5.86. The topological polar surface area (TPSA) is 85.6 Å². The molecule has 35 heavy (non-hydrogen) atoms. The van der Waals surface area contributed by atoms with E-state index in [0.717, 1.165) is 23.1 Å². The van der Waals surface area contributed by atoms with Crippen LogP contribution in [-0.4, -0.2) is 30.2 Å². The van der Waals surface area contributed by atoms with Gasteiger partial charge in [0.25, 0.3) is 5.91 Å². The first-order chi connectivity index (χ1) is 16.9. The highest BCUT2D eigenvalue weighted by Crippen LogP contribution is 2.30. The Bertz CT molecular complexity index is 1360. The van der Waals surface area contributed by atoms with Gasteiger partial charge in [-0.2, -0.15) is 0 Å². The summed E-state index contributed by atoms with van der Waals surface area (Å²) in [7, 11) is 2.98. The molecule has 0 saturated carbocycles. The van der Waals surface area contributed by atoms with Crippen LogP contribution in [-0.2, 0) is 0 Å². The summed E-state index contributed by atoms with van der Waals surface area (Å²) in [5.74, 6) is 1.31. The van der Waals surface area contributed by atoms with E-state index in [1.807, 2.05) is 30.3 Å². The first kappa shape index (κ1) is 24.2. The number of nitrogens with zero attached hydrogens (tertiary/aromatic N) is 1. The van der Waals surface area contributed by atoms with Crippen molar-refractivity contribution in [3.63, 3.8) is 0 Å². The van der Waals surface area contributed by atoms with Crippen LogP contribution in [0.2, 0.25) is 0 Å². The number of carbonyl (C=O) groups is 1. The molecule has 8 heteroatoms. The Morgan fingerprint density at radius 3 is 2.46 bits per heavy atom. The number of thiocarbonyl (C=S) groups is 1. The largest absolute Gasteiger partial charge is 0.496 e. The van der Waals surface area contributed by atoms with Crippen LogP contribution in [0.4, 0.5) is 5.69 Å². The van der Waals surface area contributed by atoms with E-state index in [1.165, 1.54) is 19.8 Å². The molecule has 1 aromatic heterocycles. The minimum Gasteiger partial charge on any atom is -0.496 e. The van der Waals surface area contributed by atoms with Gasteiger partial charge < -0.3 is 19.2 Å². The Hall–Kier alpha value is -3.91. The van der Waals surface area contributed by atoms with Crippen molar-refractivity contribution >= 4 is 40.0 Å². The first-order valence-corrected chi connectivity index (χ1v) is 11.7. The van der Waals surface area contributed by atoms with Gasteiger partial charge in [-0.3, -0.25) is 10.1 Å². The highest BCUT2D eigenvalue weighted by Gasteiger charge is 2.19. The lowest BCUT2D eigenvalue weighted by atomic mass is 9.98. The Labute approximate surface area is 209 Å². The fraction of sp³-hybridized carbons (Fsp3) is 0.222. The van der Waals surface area contributed by atoms with Crippen molar-refractivity contribution in [1.82, 2.24) is 10.3 Å². The standard InChI is InChI=1S/C27H27N3O4S/c1-5-16(2)17-12-13-21-20(15-17)29-26(34-21)18-8-6-9-19(14-18)28-27(35)30-25(31)24-22(32-3)10-7-11-23(24)33-4/h6-16H,5H2,1-4H3,(H2,28,30,31,35). The number of ether oxygens (including phenoxy) is 2. The van der Waals surface area contributed by atoms with E-state index in [4.69, 9.17) is 26.1 Å². The van der Waals surface area contributed by atoms with Gasteiger partial charge in [0, 0.05) is 11.3 Å². The van der Waals surface area contributed by atoms with E-state index < -0.39 is 5.91 Å². The van der Waals surface area contributed by atoms with Crippen molar-refractivity contribution in [2.75, 3.05) is 19.5 Å². The maximum Gasteiger partial charge on any atom is 0.264 e. The van der Waals surface area contributed by atoms with Gasteiger partial charge in [0.2, 0.25) is 5.89 Å². The summed E-state index contributed by atoms with van der Waals surface area (Å²) in [5.41, 5.74) is 4.53. The molecule has 0 aliphatic rings. The fourth-order valence-electron chi connectivity index (χ4n) is 3.74. The second kappa shape index (κ2) is 10.6. The number of anilines is 1. The average Bonchev–Trinajstić information content (AvgIpc) is 3.31. The molecule has 0 aliphatic carbocycles. The second-order valence-corrected chi connectivity index (χ2v) is 8.49. The third-order valence-corrected chi connectivity index (χ3v) is 6.05. The third kappa shape index (κ3) is 5.27. The molecule has 0 fully saturated rings. The molecule has 7 nitrogen and oxygen atoms in total. The lowest BCUT2D eigenvalue weighted by molar-refractivity contribution is 0.0971. The van der Waals surface area contributed by atoms with E-state index in [9.17, 15) is 4.79 Å². The van der Waals surface area contributed by atoms with Gasteiger partial charge in [-0.25, -0.2) is 4.98 Å². The van der Waals surface area contributed by atoms with Gasteiger partial charge in [0.1, 0.15) is 22.6 Å². The fourth-order valence-corrected chi connectivity index (χ4v) is 3.95. The van der Waals surface area contributed by atoms with Crippen LogP contribution in [0.15, 0.2) is 65.1 Å². The van der Waals surface area contributed by atoms with Crippen molar-refractivity contribution in [2.24, 2.45) is 0 Å². The molecule has 0 spiro atoms. The molecule has 1 amide bonds. The predicted molar refractivity (Wildman–Crippen MR) is 141 cm³/mol. The summed E-state index contributed by atoms with van der Waals surface area (Å²) < 4.78 is 16.6. The third-order valence-electron chi connectivity index (χ3n) is 5.84. The molecular weight excluding hydrogens is 462 g/mol. The zero-order chi connectivity index (χ0) is 24.9. The Morgan fingerprint density at radius 2 is 1.77 bits per heavy atom. The maximum atomic E-state index is 12.9. The SMILES string of the molecule is CCC(C)c1ccc2oc(-c3cccc(NC(=S)NC(=O)c4c(OC)cccc4OC)c3)nc2c1. The van der Waals surface area contributed by atoms with Gasteiger partial charge in [-0.15, -0.1) is 0 Å². The molecule has 0 bridgehead atoms. The van der Waals surface area contributed by atoms with Crippen molar-refractivity contribution in [2.45, 2.75) is 26.2 Å². The summed E-state index contributed by atoms with van der Waals surface area (Å²) in [6.45, 7) is 4.37. The number of rotatable bonds is 7. The van der Waals surface area contributed by atoms with E-state index in [-0.39, 0.29) is 10.7 Å². The molecule has 0 aliphatic heterocycles. The highest BCUT2D eigenvalue weighted by molar-refractivity contribution is 7.80. The molecule has 1 heterocycles. The van der Waals surface area contributed by atoms with Crippen LogP contribution < -0.4 is 20.1 Å². The van der Waals surface area contributed by atoms with Crippen molar-refractivity contribution in [3.8, 4) is 23.0 Å². The van der Waals surface area contributed by atoms with Crippen LogP contribution in [0.3, 0.4) is 0 Å². The van der Waals surface area contributed by atoms with Crippen LogP contribution in [0, 0.1) is 0 Å². The zero-order valence-corrected chi connectivity index (χ0v) is 20.9. The van der Waals surface area contributed by atoms with E-state index in [0.29, 0.717) is 29.0 Å². The summed E-state index contributed by atoms with van der Waals surface area (Å²) in [4.78, 5) is 17.5. The Morgan fingerprint density at radius 1 is 1.06 bits per heavy atom. The summed E-state index contributed by atoms with van der Waals surface area (Å²) in [6, 6.07) is 18.7. The smallest absolute Gasteiger partial charge is 0.264 e. The number of carbonyl (C=O) groups excluding carboxylic acids is 1. The molecule has 0 radical (unpaired) electrons. The molecule has 4 rings (SSSR count). The monoisotopic (exact) mass is 489 g/mol. The van der Waals surface area contributed by atoms with Crippen molar-refractivity contribution in [1.29, 1.82) is 0 Å². The Balaban J connectivity index is 1.51. The molecule has 4 aromatic rings. The van der Waals surface area contributed by atoms with Gasteiger partial charge in [0.05, 0.1) is 14.2 Å². The van der Waals surface area contributed by atoms with E-state index in [1.54, 1.807) is 18.2 Å². The lowest BCUT2D eigenvalue weighted by Crippen LogP contribution is -2.34. The normalized spacial score (nSPS) is 11.7. The zero-order valence-electron chi connectivity index (χ0n) is 20.0. The predicted octanol–water partition coefficient (Wildman–Crippen LogP) is 6.15. The summed E-state index contributed by atoms with van der Waals surface area (Å²) in [6.07, 6.45) is 1.06. The van der Waals surface area contributed by atoms with E-state index in [2.05, 4.69) is 41.6 Å². The van der Waals surface area contributed by atoms with Gasteiger partial charge in [0.15, 0.2) is 10.7 Å². The van der Waals surface area contributed by atoms with Crippen molar-refractivity contribution in [3.05, 3.63) is 71.8 Å². The first-order valence-electron chi connectivity index (χ1n) is 11.3. The molecule has 1 unspecified atom stereocenters. The second-order valence-electron chi connectivity index (χ2n) is 8.08.